The average molecular weight is 492 g/mol. The van der Waals surface area contributed by atoms with Crippen LogP contribution >= 0.6 is 0 Å². The summed E-state index contributed by atoms with van der Waals surface area (Å²) < 4.78 is 11.1. The predicted octanol–water partition coefficient (Wildman–Crippen LogP) is 4.43. The highest BCUT2D eigenvalue weighted by Crippen LogP contribution is 2.34. The number of ether oxygens (including phenoxy) is 2. The first-order valence-electron chi connectivity index (χ1n) is 13.1. The highest BCUT2D eigenvalue weighted by Gasteiger charge is 2.29. The molecule has 2 aliphatic heterocycles. The summed E-state index contributed by atoms with van der Waals surface area (Å²) in [5.74, 6) is 3.01. The number of rotatable bonds is 6. The Morgan fingerprint density at radius 2 is 1.92 bits per heavy atom. The summed E-state index contributed by atoms with van der Waals surface area (Å²) in [6.07, 6.45) is 3.56. The fourth-order valence-corrected chi connectivity index (χ4v) is 5.39. The van der Waals surface area contributed by atoms with E-state index >= 15 is 0 Å². The third kappa shape index (κ3) is 4.72. The summed E-state index contributed by atoms with van der Waals surface area (Å²) >= 11 is 0. The molecule has 8 nitrogen and oxygen atoms in total. The second-order valence-electron chi connectivity index (χ2n) is 10.1. The first-order valence-corrected chi connectivity index (χ1v) is 13.1. The van der Waals surface area contributed by atoms with Crippen LogP contribution in [0.15, 0.2) is 30.3 Å². The number of morpholine rings is 1. The molecule has 2 fully saturated rings. The van der Waals surface area contributed by atoms with Crippen molar-refractivity contribution in [2.75, 3.05) is 43.2 Å². The van der Waals surface area contributed by atoms with Gasteiger partial charge in [-0.2, -0.15) is 9.97 Å². The summed E-state index contributed by atoms with van der Waals surface area (Å²) in [7, 11) is 1.61. The second-order valence-corrected chi connectivity index (χ2v) is 10.1. The Morgan fingerprint density at radius 3 is 2.67 bits per heavy atom. The molecule has 36 heavy (non-hydrogen) atoms. The van der Waals surface area contributed by atoms with E-state index in [-0.39, 0.29) is 12.6 Å². The van der Waals surface area contributed by atoms with Crippen LogP contribution in [0.3, 0.4) is 0 Å². The number of anilines is 2. The molecule has 0 aliphatic carbocycles. The molecule has 1 aromatic carbocycles. The van der Waals surface area contributed by atoms with Crippen molar-refractivity contribution < 1.29 is 14.6 Å². The van der Waals surface area contributed by atoms with Gasteiger partial charge in [-0.25, -0.2) is 4.98 Å². The molecule has 2 aromatic heterocycles. The van der Waals surface area contributed by atoms with E-state index in [1.165, 1.54) is 6.42 Å². The Kier molecular flexibility index (Phi) is 7.25. The summed E-state index contributed by atoms with van der Waals surface area (Å²) in [5, 5.41) is 10.8. The van der Waals surface area contributed by atoms with Crippen LogP contribution in [0.4, 0.5) is 11.8 Å². The molecule has 0 spiro atoms. The maximum absolute atomic E-state index is 9.80. The number of aliphatic hydroxyl groups excluding tert-OH is 1. The number of aromatic nitrogens is 3. The van der Waals surface area contributed by atoms with E-state index in [0.717, 1.165) is 59.9 Å². The van der Waals surface area contributed by atoms with Gasteiger partial charge in [0.2, 0.25) is 5.95 Å². The first-order chi connectivity index (χ1) is 17.5. The Labute approximate surface area is 213 Å². The Bertz CT molecular complexity index is 1220. The van der Waals surface area contributed by atoms with Crippen molar-refractivity contribution in [2.24, 2.45) is 5.92 Å². The number of fused-ring (bicyclic) bond motifs is 1. The number of benzene rings is 1. The molecule has 2 unspecified atom stereocenters. The number of aliphatic hydroxyl groups is 1. The zero-order valence-electron chi connectivity index (χ0n) is 21.8. The van der Waals surface area contributed by atoms with E-state index in [4.69, 9.17) is 24.4 Å². The van der Waals surface area contributed by atoms with Gasteiger partial charge in [-0.3, -0.25) is 0 Å². The van der Waals surface area contributed by atoms with E-state index in [0.29, 0.717) is 36.6 Å². The zero-order valence-corrected chi connectivity index (χ0v) is 21.8. The predicted molar refractivity (Wildman–Crippen MR) is 143 cm³/mol. The molecule has 3 aromatic rings. The topological polar surface area (TPSA) is 83.8 Å². The Morgan fingerprint density at radius 1 is 1.06 bits per heavy atom. The van der Waals surface area contributed by atoms with Gasteiger partial charge in [0.1, 0.15) is 11.6 Å². The largest absolute Gasteiger partial charge is 0.496 e. The third-order valence-corrected chi connectivity index (χ3v) is 7.73. The van der Waals surface area contributed by atoms with Crippen LogP contribution in [0.1, 0.15) is 45.6 Å². The van der Waals surface area contributed by atoms with Gasteiger partial charge in [-0.1, -0.05) is 13.3 Å². The van der Waals surface area contributed by atoms with E-state index < -0.39 is 0 Å². The van der Waals surface area contributed by atoms with Crippen LogP contribution < -0.4 is 14.5 Å². The summed E-state index contributed by atoms with van der Waals surface area (Å²) in [5.41, 5.74) is 3.15. The zero-order chi connectivity index (χ0) is 25.2. The third-order valence-electron chi connectivity index (χ3n) is 7.73. The molecular formula is C28H37N5O3. The molecule has 2 saturated heterocycles. The summed E-state index contributed by atoms with van der Waals surface area (Å²) in [4.78, 5) is 19.9. The van der Waals surface area contributed by atoms with Gasteiger partial charge in [-0.05, 0) is 62.9 Å². The van der Waals surface area contributed by atoms with Gasteiger partial charge in [0, 0.05) is 30.3 Å². The molecule has 2 aliphatic rings. The highest BCUT2D eigenvalue weighted by atomic mass is 16.5. The van der Waals surface area contributed by atoms with Crippen LogP contribution in [0, 0.1) is 5.92 Å². The average Bonchev–Trinajstić information content (AvgIpc) is 2.92. The molecule has 0 radical (unpaired) electrons. The minimum Gasteiger partial charge on any atom is -0.496 e. The highest BCUT2D eigenvalue weighted by molar-refractivity contribution is 5.90. The number of hydrogen-bond donors (Lipinski definition) is 1. The van der Waals surface area contributed by atoms with E-state index in [9.17, 15) is 5.11 Å². The minimum absolute atomic E-state index is 0.0958. The standard InChI is InChI=1S/C28H37N5O3/c1-5-20-7-6-18(2)33(15-20)28-30-26-23(27(31-28)32-12-13-36-17-19(32)3)9-10-24(29-26)21-8-11-25(35-4)22(14-21)16-34/h8-11,14,18-20,34H,5-7,12-13,15-17H2,1-4H3/t18?,19-,20?/m0/s1. The van der Waals surface area contributed by atoms with Crippen molar-refractivity contribution in [3.8, 4) is 17.0 Å². The van der Waals surface area contributed by atoms with Crippen LogP contribution in [-0.2, 0) is 11.3 Å². The Hall–Kier alpha value is -2.97. The van der Waals surface area contributed by atoms with E-state index in [1.807, 2.05) is 24.3 Å². The SMILES string of the molecule is CCC1CCC(C)N(c2nc(N3CCOC[C@@H]3C)c3ccc(-c4ccc(OC)c(CO)c4)nc3n2)C1. The molecule has 5 rings (SSSR count). The van der Waals surface area contributed by atoms with Gasteiger partial charge in [-0.15, -0.1) is 0 Å². The summed E-state index contributed by atoms with van der Waals surface area (Å²) in [6.45, 7) is 9.75. The van der Waals surface area contributed by atoms with Crippen molar-refractivity contribution in [1.29, 1.82) is 0 Å². The van der Waals surface area contributed by atoms with Crippen molar-refractivity contribution in [1.82, 2.24) is 15.0 Å². The molecule has 4 heterocycles. The number of methoxy groups -OCH3 is 1. The lowest BCUT2D eigenvalue weighted by Gasteiger charge is -2.39. The molecule has 192 valence electrons. The molecule has 0 bridgehead atoms. The maximum Gasteiger partial charge on any atom is 0.229 e. The lowest BCUT2D eigenvalue weighted by atomic mass is 9.92. The van der Waals surface area contributed by atoms with Crippen LogP contribution in [-0.4, -0.2) is 65.6 Å². The second kappa shape index (κ2) is 10.6. The molecule has 3 atom stereocenters. The Balaban J connectivity index is 1.63. The van der Waals surface area contributed by atoms with Gasteiger partial charge in [0.25, 0.3) is 0 Å². The quantitative estimate of drug-likeness (QED) is 0.542. The lowest BCUT2D eigenvalue weighted by Crippen LogP contribution is -2.45. The number of pyridine rings is 1. The fourth-order valence-electron chi connectivity index (χ4n) is 5.39. The number of piperidine rings is 1. The molecular weight excluding hydrogens is 454 g/mol. The minimum atomic E-state index is -0.0958. The summed E-state index contributed by atoms with van der Waals surface area (Å²) in [6, 6.07) is 10.5. The lowest BCUT2D eigenvalue weighted by molar-refractivity contribution is 0.0987. The van der Waals surface area contributed by atoms with Gasteiger partial charge < -0.3 is 24.4 Å². The van der Waals surface area contributed by atoms with Crippen LogP contribution in [0.2, 0.25) is 0 Å². The van der Waals surface area contributed by atoms with Crippen molar-refractivity contribution in [2.45, 2.75) is 58.7 Å². The van der Waals surface area contributed by atoms with Crippen molar-refractivity contribution in [3.63, 3.8) is 0 Å². The van der Waals surface area contributed by atoms with Crippen LogP contribution in [0.25, 0.3) is 22.3 Å². The normalized spacial score (nSPS) is 22.8. The van der Waals surface area contributed by atoms with E-state index in [1.54, 1.807) is 7.11 Å². The van der Waals surface area contributed by atoms with Crippen molar-refractivity contribution in [3.05, 3.63) is 35.9 Å². The number of nitrogens with zero attached hydrogens (tertiary/aromatic N) is 5. The monoisotopic (exact) mass is 491 g/mol. The smallest absolute Gasteiger partial charge is 0.229 e. The van der Waals surface area contributed by atoms with Crippen molar-refractivity contribution >= 4 is 22.8 Å². The van der Waals surface area contributed by atoms with Gasteiger partial charge >= 0.3 is 0 Å². The molecule has 0 amide bonds. The van der Waals surface area contributed by atoms with Gasteiger partial charge in [0.15, 0.2) is 5.65 Å². The molecule has 0 saturated carbocycles. The maximum atomic E-state index is 9.80. The fraction of sp³-hybridized carbons (Fsp3) is 0.536. The number of hydrogen-bond acceptors (Lipinski definition) is 8. The molecule has 1 N–H and O–H groups in total. The van der Waals surface area contributed by atoms with Gasteiger partial charge in [0.05, 0.1) is 44.1 Å². The van der Waals surface area contributed by atoms with E-state index in [2.05, 4.69) is 36.6 Å². The first kappa shape index (κ1) is 24.7. The van der Waals surface area contributed by atoms with Crippen LogP contribution in [0.5, 0.6) is 5.75 Å². The molecule has 8 heteroatoms.